The van der Waals surface area contributed by atoms with E-state index in [-0.39, 0.29) is 18.4 Å². The van der Waals surface area contributed by atoms with Gasteiger partial charge in [0.2, 0.25) is 6.10 Å². The van der Waals surface area contributed by atoms with E-state index in [0.717, 1.165) is 5.75 Å². The average Bonchev–Trinajstić information content (AvgIpc) is 2.80. The zero-order valence-electron chi connectivity index (χ0n) is 17.0. The van der Waals surface area contributed by atoms with Gasteiger partial charge in [-0.05, 0) is 67.6 Å². The topological polar surface area (TPSA) is 85.9 Å². The van der Waals surface area contributed by atoms with Gasteiger partial charge in [-0.15, -0.1) is 0 Å². The first-order chi connectivity index (χ1) is 15.1. The van der Waals surface area contributed by atoms with Crippen LogP contribution in [0.4, 0.5) is 11.4 Å². The highest BCUT2D eigenvalue weighted by molar-refractivity contribution is 6.04. The quantitative estimate of drug-likeness (QED) is 0.629. The summed E-state index contributed by atoms with van der Waals surface area (Å²) in [6.07, 6.45) is -0.752. The van der Waals surface area contributed by atoms with Crippen LogP contribution in [0.25, 0.3) is 0 Å². The summed E-state index contributed by atoms with van der Waals surface area (Å²) in [4.78, 5) is 25.0. The lowest BCUT2D eigenvalue weighted by Crippen LogP contribution is -2.40. The zero-order chi connectivity index (χ0) is 21.6. The molecule has 31 heavy (non-hydrogen) atoms. The third-order valence-corrected chi connectivity index (χ3v) is 4.64. The molecule has 2 amide bonds. The molecule has 0 aromatic heterocycles. The number of ether oxygens (including phenoxy) is 3. The van der Waals surface area contributed by atoms with Crippen LogP contribution < -0.4 is 24.8 Å². The third-order valence-electron chi connectivity index (χ3n) is 4.64. The molecule has 0 bridgehead atoms. The summed E-state index contributed by atoms with van der Waals surface area (Å²) in [5, 5.41) is 5.62. The van der Waals surface area contributed by atoms with Crippen LogP contribution >= 0.6 is 0 Å². The van der Waals surface area contributed by atoms with Crippen LogP contribution in [-0.4, -0.2) is 31.1 Å². The predicted molar refractivity (Wildman–Crippen MR) is 117 cm³/mol. The second kappa shape index (κ2) is 9.21. The van der Waals surface area contributed by atoms with Crippen LogP contribution in [0.1, 0.15) is 17.3 Å². The first kappa shape index (κ1) is 20.3. The highest BCUT2D eigenvalue weighted by atomic mass is 16.6. The number of carbonyl (C=O) groups excluding carboxylic acids is 2. The van der Waals surface area contributed by atoms with Crippen molar-refractivity contribution >= 4 is 23.2 Å². The molecule has 0 saturated carbocycles. The number of carbonyl (C=O) groups is 2. The van der Waals surface area contributed by atoms with Crippen molar-refractivity contribution in [2.75, 3.05) is 23.8 Å². The van der Waals surface area contributed by atoms with Crippen molar-refractivity contribution in [3.8, 4) is 17.2 Å². The molecular formula is C24H22N2O5. The van der Waals surface area contributed by atoms with Crippen LogP contribution in [0.2, 0.25) is 0 Å². The van der Waals surface area contributed by atoms with Gasteiger partial charge in [0.25, 0.3) is 11.8 Å². The van der Waals surface area contributed by atoms with Crippen molar-refractivity contribution < 1.29 is 23.8 Å². The number of para-hydroxylation sites is 2. The molecule has 3 aromatic carbocycles. The maximum atomic E-state index is 12.5. The van der Waals surface area contributed by atoms with Gasteiger partial charge in [0.15, 0.2) is 11.5 Å². The van der Waals surface area contributed by atoms with Crippen LogP contribution in [-0.2, 0) is 4.79 Å². The van der Waals surface area contributed by atoms with E-state index in [9.17, 15) is 9.59 Å². The van der Waals surface area contributed by atoms with Crippen LogP contribution in [0.3, 0.4) is 0 Å². The summed E-state index contributed by atoms with van der Waals surface area (Å²) in [5.41, 5.74) is 1.70. The Morgan fingerprint density at radius 1 is 0.903 bits per heavy atom. The maximum absolute atomic E-state index is 12.5. The van der Waals surface area contributed by atoms with Crippen molar-refractivity contribution in [3.63, 3.8) is 0 Å². The Labute approximate surface area is 179 Å². The number of hydrogen-bond acceptors (Lipinski definition) is 5. The fourth-order valence-electron chi connectivity index (χ4n) is 3.08. The molecule has 7 heteroatoms. The van der Waals surface area contributed by atoms with Crippen molar-refractivity contribution in [3.05, 3.63) is 78.4 Å². The fourth-order valence-corrected chi connectivity index (χ4v) is 3.08. The fraction of sp³-hybridized carbons (Fsp3) is 0.167. The van der Waals surface area contributed by atoms with E-state index < -0.39 is 6.10 Å². The van der Waals surface area contributed by atoms with Gasteiger partial charge in [-0.2, -0.15) is 0 Å². The van der Waals surface area contributed by atoms with Gasteiger partial charge in [0.1, 0.15) is 12.4 Å². The molecule has 1 unspecified atom stereocenters. The minimum absolute atomic E-state index is 0.130. The Kier molecular flexibility index (Phi) is 6.03. The Bertz CT molecular complexity index is 1060. The van der Waals surface area contributed by atoms with Gasteiger partial charge in [-0.1, -0.05) is 12.1 Å². The first-order valence-corrected chi connectivity index (χ1v) is 9.96. The van der Waals surface area contributed by atoms with E-state index in [1.165, 1.54) is 0 Å². The maximum Gasteiger partial charge on any atom is 0.269 e. The normalized spacial score (nSPS) is 14.4. The largest absolute Gasteiger partial charge is 0.494 e. The monoisotopic (exact) mass is 418 g/mol. The van der Waals surface area contributed by atoms with E-state index >= 15 is 0 Å². The lowest BCUT2D eigenvalue weighted by molar-refractivity contribution is -0.125. The smallest absolute Gasteiger partial charge is 0.269 e. The first-order valence-electron chi connectivity index (χ1n) is 9.96. The summed E-state index contributed by atoms with van der Waals surface area (Å²) in [7, 11) is 0. The second-order valence-electron chi connectivity index (χ2n) is 6.84. The number of benzene rings is 3. The predicted octanol–water partition coefficient (Wildman–Crippen LogP) is 4.12. The second-order valence-corrected chi connectivity index (χ2v) is 6.84. The standard InChI is InChI=1S/C24H22N2O5/c1-2-29-19-13-11-18(12-14-19)25-23(27)16-7-9-17(10-8-16)26-24(28)22-15-30-20-5-3-4-6-21(20)31-22/h3-14,22H,2,15H2,1H3,(H,25,27)(H,26,28). The number of amides is 2. The third kappa shape index (κ3) is 4.95. The summed E-state index contributed by atoms with van der Waals surface area (Å²) < 4.78 is 16.7. The number of nitrogens with one attached hydrogen (secondary N) is 2. The average molecular weight is 418 g/mol. The zero-order valence-corrected chi connectivity index (χ0v) is 17.0. The SMILES string of the molecule is CCOc1ccc(NC(=O)c2ccc(NC(=O)C3COc4ccccc4O3)cc2)cc1. The summed E-state index contributed by atoms with van der Waals surface area (Å²) >= 11 is 0. The van der Waals surface area contributed by atoms with Gasteiger partial charge in [-0.25, -0.2) is 0 Å². The Morgan fingerprint density at radius 2 is 1.55 bits per heavy atom. The van der Waals surface area contributed by atoms with Crippen molar-refractivity contribution in [2.24, 2.45) is 0 Å². The molecular weight excluding hydrogens is 396 g/mol. The van der Waals surface area contributed by atoms with E-state index in [2.05, 4.69) is 10.6 Å². The molecule has 0 saturated heterocycles. The number of anilines is 2. The highest BCUT2D eigenvalue weighted by Gasteiger charge is 2.27. The minimum Gasteiger partial charge on any atom is -0.494 e. The van der Waals surface area contributed by atoms with Gasteiger partial charge >= 0.3 is 0 Å². The molecule has 3 aromatic rings. The molecule has 0 fully saturated rings. The Hall–Kier alpha value is -4.00. The van der Waals surface area contributed by atoms with E-state index in [4.69, 9.17) is 14.2 Å². The lowest BCUT2D eigenvalue weighted by Gasteiger charge is -2.25. The van der Waals surface area contributed by atoms with Gasteiger partial charge in [0, 0.05) is 16.9 Å². The molecule has 2 N–H and O–H groups in total. The van der Waals surface area contributed by atoms with Crippen LogP contribution in [0.15, 0.2) is 72.8 Å². The Morgan fingerprint density at radius 3 is 2.26 bits per heavy atom. The van der Waals surface area contributed by atoms with Gasteiger partial charge < -0.3 is 24.8 Å². The van der Waals surface area contributed by atoms with Crippen molar-refractivity contribution in [1.82, 2.24) is 0 Å². The lowest BCUT2D eigenvalue weighted by atomic mass is 10.1. The number of rotatable bonds is 6. The molecule has 1 heterocycles. The van der Waals surface area contributed by atoms with Crippen LogP contribution in [0.5, 0.6) is 17.2 Å². The van der Waals surface area contributed by atoms with E-state index in [1.54, 1.807) is 60.7 Å². The highest BCUT2D eigenvalue weighted by Crippen LogP contribution is 2.31. The summed E-state index contributed by atoms with van der Waals surface area (Å²) in [6.45, 7) is 2.63. The Balaban J connectivity index is 1.33. The summed E-state index contributed by atoms with van der Waals surface area (Å²) in [5.74, 6) is 1.34. The van der Waals surface area contributed by atoms with E-state index in [1.807, 2.05) is 19.1 Å². The molecule has 4 rings (SSSR count). The molecule has 158 valence electrons. The molecule has 0 spiro atoms. The van der Waals surface area contributed by atoms with Gasteiger partial charge in [-0.3, -0.25) is 9.59 Å². The molecule has 1 aliphatic heterocycles. The van der Waals surface area contributed by atoms with Crippen LogP contribution in [0, 0.1) is 0 Å². The molecule has 1 atom stereocenters. The van der Waals surface area contributed by atoms with Crippen molar-refractivity contribution in [2.45, 2.75) is 13.0 Å². The number of fused-ring (bicyclic) bond motifs is 1. The molecule has 0 aliphatic carbocycles. The minimum atomic E-state index is -0.752. The molecule has 0 radical (unpaired) electrons. The van der Waals surface area contributed by atoms with Crippen molar-refractivity contribution in [1.29, 1.82) is 0 Å². The molecule has 7 nitrogen and oxygen atoms in total. The summed E-state index contributed by atoms with van der Waals surface area (Å²) in [6, 6.07) is 21.0. The van der Waals surface area contributed by atoms with Gasteiger partial charge in [0.05, 0.1) is 6.61 Å². The van der Waals surface area contributed by atoms with E-state index in [0.29, 0.717) is 35.0 Å². The molecule has 1 aliphatic rings. The number of hydrogen-bond donors (Lipinski definition) is 2.